The van der Waals surface area contributed by atoms with Crippen LogP contribution in [-0.4, -0.2) is 9.13 Å². The minimum Gasteiger partial charge on any atom is -0.308 e. The van der Waals surface area contributed by atoms with Gasteiger partial charge in [0.05, 0.1) is 45.8 Å². The van der Waals surface area contributed by atoms with Gasteiger partial charge in [-0.3, -0.25) is 0 Å². The SMILES string of the molecule is [2H]c1c([2H])c(-n2c3c(-c4ccccc4)cc(C(C)(C)C)cc3c3ccccc3c3ccccc3c3c(Cl)c([2H])c([2H])c([2H])c32)c([2H])c(-n2c3c(-c4ccccc4)cc(C(C)(C)C)cc3c3ccccc3c3ccccc3c3c(Cl)c([2H])c([2H])c([2H])c32)c1[2H]. The van der Waals surface area contributed by atoms with E-state index in [9.17, 15) is 13.7 Å². The van der Waals surface area contributed by atoms with Gasteiger partial charge in [-0.25, -0.2) is 0 Å². The van der Waals surface area contributed by atoms with Crippen molar-refractivity contribution >= 4 is 110 Å². The lowest BCUT2D eigenvalue weighted by atomic mass is 9.83. The van der Waals surface area contributed by atoms with Gasteiger partial charge in [0.25, 0.3) is 0 Å². The highest BCUT2D eigenvalue weighted by Crippen LogP contribution is 2.45. The molecule has 4 heteroatoms. The Hall–Kier alpha value is -8.40. The Morgan fingerprint density at radius 2 is 0.654 bits per heavy atom. The first kappa shape index (κ1) is 39.0. The van der Waals surface area contributed by atoms with Crippen LogP contribution in [0.15, 0.2) is 242 Å². The van der Waals surface area contributed by atoms with E-state index in [0.717, 1.165) is 43.8 Å². The maximum absolute atomic E-state index is 11.4. The van der Waals surface area contributed by atoms with Crippen LogP contribution in [0.1, 0.15) is 66.4 Å². The van der Waals surface area contributed by atoms with E-state index in [4.69, 9.17) is 23.2 Å². The Morgan fingerprint density at radius 1 is 0.346 bits per heavy atom. The van der Waals surface area contributed by atoms with Crippen molar-refractivity contribution in [2.45, 2.75) is 52.4 Å². The maximum Gasteiger partial charge on any atom is 0.0667 e. The summed E-state index contributed by atoms with van der Waals surface area (Å²) in [4.78, 5) is 0. The van der Waals surface area contributed by atoms with Gasteiger partial charge in [-0.15, -0.1) is 0 Å². The Morgan fingerprint density at radius 3 is 1.01 bits per heavy atom. The minimum absolute atomic E-state index is 0.0530. The zero-order valence-electron chi connectivity index (χ0n) is 54.0. The molecule has 11 aromatic carbocycles. The van der Waals surface area contributed by atoms with Crippen LogP contribution in [0.2, 0.25) is 10.0 Å². The maximum atomic E-state index is 11.4. The average Bonchev–Trinajstić information content (AvgIpc) is 1.27. The third-order valence-corrected chi connectivity index (χ3v) is 15.7. The predicted molar refractivity (Wildman–Crippen MR) is 339 cm³/mol. The molecule has 2 nitrogen and oxygen atoms in total. The molecule has 0 spiro atoms. The second-order valence-corrected chi connectivity index (χ2v) is 22.7. The van der Waals surface area contributed by atoms with Gasteiger partial charge in [-0.1, -0.05) is 241 Å². The van der Waals surface area contributed by atoms with E-state index in [0.29, 0.717) is 54.5 Å². The molecule has 13 aromatic rings. The van der Waals surface area contributed by atoms with Gasteiger partial charge in [0.15, 0.2) is 0 Å². The highest BCUT2D eigenvalue weighted by atomic mass is 35.5. The Balaban J connectivity index is 1.45. The van der Waals surface area contributed by atoms with Crippen LogP contribution in [0.5, 0.6) is 0 Å². The van der Waals surface area contributed by atoms with Crippen molar-refractivity contribution < 1.29 is 13.7 Å². The Kier molecular flexibility index (Phi) is 9.64. The van der Waals surface area contributed by atoms with E-state index in [1.165, 1.54) is 0 Å². The molecule has 13 rings (SSSR count). The number of halogens is 2. The topological polar surface area (TPSA) is 9.86 Å². The fraction of sp³-hybridized carbons (Fsp3) is 0.108. The number of rotatable bonds is 4. The summed E-state index contributed by atoms with van der Waals surface area (Å²) in [5, 5.41) is 6.64. The zero-order chi connectivity index (χ0) is 62.2. The number of aromatic nitrogens is 2. The lowest BCUT2D eigenvalue weighted by molar-refractivity contribution is 0.591. The third kappa shape index (κ3) is 8.34. The first-order valence-corrected chi connectivity index (χ1v) is 26.9. The summed E-state index contributed by atoms with van der Waals surface area (Å²) in [7, 11) is 0. The normalized spacial score (nSPS) is 13.9. The Bertz CT molecular complexity index is 4990. The molecule has 0 N–H and O–H groups in total. The highest BCUT2D eigenvalue weighted by molar-refractivity contribution is 6.39. The fourth-order valence-electron chi connectivity index (χ4n) is 11.3. The van der Waals surface area contributed by atoms with Crippen molar-refractivity contribution in [1.82, 2.24) is 9.13 Å². The lowest BCUT2D eigenvalue weighted by Gasteiger charge is -2.25. The van der Waals surface area contributed by atoms with Gasteiger partial charge in [0.1, 0.15) is 0 Å². The smallest absolute Gasteiger partial charge is 0.0667 e. The van der Waals surface area contributed by atoms with Crippen LogP contribution in [0, 0.1) is 0 Å². The molecule has 2 heterocycles. The monoisotopic (exact) mass is 1050 g/mol. The largest absolute Gasteiger partial charge is 0.308 e. The van der Waals surface area contributed by atoms with Gasteiger partial charge in [-0.05, 0) is 143 Å². The summed E-state index contributed by atoms with van der Waals surface area (Å²) >= 11 is 15.2. The molecule has 0 unspecified atom stereocenters. The third-order valence-electron chi connectivity index (χ3n) is 15.1. The summed E-state index contributed by atoms with van der Waals surface area (Å²) in [6.45, 7) is 12.7. The summed E-state index contributed by atoms with van der Waals surface area (Å²) in [5.41, 5.74) is 3.59. The summed E-state index contributed by atoms with van der Waals surface area (Å²) < 4.78 is 105. The number of hydrogen-bond donors (Lipinski definition) is 0. The molecular formula is C74H58Cl2N2. The number of benzene rings is 11. The molecule has 0 saturated heterocycles. The number of hydrogen-bond acceptors (Lipinski definition) is 0. The van der Waals surface area contributed by atoms with Crippen LogP contribution in [0.4, 0.5) is 0 Å². The van der Waals surface area contributed by atoms with E-state index in [2.05, 4.69) is 65.8 Å². The van der Waals surface area contributed by atoms with Crippen molar-refractivity contribution in [2.75, 3.05) is 0 Å². The lowest BCUT2D eigenvalue weighted by Crippen LogP contribution is -2.12. The highest BCUT2D eigenvalue weighted by Gasteiger charge is 2.24. The van der Waals surface area contributed by atoms with Crippen molar-refractivity contribution in [3.8, 4) is 33.6 Å². The van der Waals surface area contributed by atoms with Gasteiger partial charge in [-0.2, -0.15) is 0 Å². The van der Waals surface area contributed by atoms with Crippen molar-refractivity contribution in [2.24, 2.45) is 0 Å². The minimum atomic E-state index is -0.629. The average molecular weight is 1060 g/mol. The molecule has 78 heavy (non-hydrogen) atoms. The second kappa shape index (κ2) is 19.3. The van der Waals surface area contributed by atoms with Crippen molar-refractivity contribution in [1.29, 1.82) is 0 Å². The molecule has 0 bridgehead atoms. The fourth-order valence-corrected chi connectivity index (χ4v) is 11.8. The van der Waals surface area contributed by atoms with E-state index in [1.54, 1.807) is 9.13 Å². The standard InChI is InChI=1S/C74H58Cl2N2/c1-73(2,3)49-42-61(47-24-9-7-10-25-47)71-63(44-49)57-34-15-13-30-53(57)55-32-17-19-36-59(55)69-65(75)38-22-40-67(69)77(71)51-28-21-29-52(46-51)78-68-41-23-39-66(76)70(68)60-37-20-18-33-56(60)54-31-14-16-35-58(54)64-45-50(74(4,5)6)43-62(72(64)78)48-26-11-8-12-27-48/h7-46H,1-6H3/i21D,22D,23D,28D,29D,38D,39D,40D,41D,46D. The molecule has 0 saturated carbocycles. The molecule has 0 fully saturated rings. The second-order valence-electron chi connectivity index (χ2n) is 21.9. The van der Waals surface area contributed by atoms with E-state index in [-0.39, 0.29) is 43.2 Å². The van der Waals surface area contributed by atoms with Crippen LogP contribution < -0.4 is 0 Å². The van der Waals surface area contributed by atoms with Crippen LogP contribution in [-0.2, 0) is 10.8 Å². The first-order chi connectivity index (χ1) is 42.0. The van der Waals surface area contributed by atoms with Gasteiger partial charge < -0.3 is 9.13 Å². The summed E-state index contributed by atoms with van der Waals surface area (Å²) in [5.74, 6) is 0. The molecular weight excluding hydrogens is 988 g/mol. The molecule has 378 valence electrons. The number of nitrogens with zero attached hydrogens (tertiary/aromatic N) is 2. The van der Waals surface area contributed by atoms with Crippen molar-refractivity contribution in [3.05, 3.63) is 264 Å². The molecule has 0 atom stereocenters. The van der Waals surface area contributed by atoms with E-state index < -0.39 is 71.3 Å². The molecule has 0 aliphatic rings. The molecule has 0 radical (unpaired) electrons. The van der Waals surface area contributed by atoms with E-state index >= 15 is 0 Å². The Labute approximate surface area is 480 Å². The summed E-state index contributed by atoms with van der Waals surface area (Å²) in [6.07, 6.45) is 0. The van der Waals surface area contributed by atoms with Crippen LogP contribution >= 0.6 is 23.2 Å². The number of fused-ring (bicyclic) bond motifs is 14. The van der Waals surface area contributed by atoms with Crippen LogP contribution in [0.3, 0.4) is 0 Å². The predicted octanol–water partition coefficient (Wildman–Crippen LogP) is 22.0. The van der Waals surface area contributed by atoms with Crippen molar-refractivity contribution in [3.63, 3.8) is 0 Å². The summed E-state index contributed by atoms with van der Waals surface area (Å²) in [6, 6.07) is 53.5. The molecule has 0 aliphatic heterocycles. The first-order valence-electron chi connectivity index (χ1n) is 31.2. The molecule has 2 aromatic heterocycles. The van der Waals surface area contributed by atoms with Gasteiger partial charge >= 0.3 is 0 Å². The van der Waals surface area contributed by atoms with Gasteiger partial charge in [0.2, 0.25) is 0 Å². The quantitative estimate of drug-likeness (QED) is 0.166. The van der Waals surface area contributed by atoms with Crippen LogP contribution in [0.25, 0.3) is 120 Å². The zero-order valence-corrected chi connectivity index (χ0v) is 45.5. The molecule has 0 amide bonds. The molecule has 0 aliphatic carbocycles. The van der Waals surface area contributed by atoms with E-state index in [1.807, 2.05) is 158 Å². The van der Waals surface area contributed by atoms with Gasteiger partial charge in [0, 0.05) is 44.0 Å².